The number of benzene rings is 1. The van der Waals surface area contributed by atoms with E-state index < -0.39 is 0 Å². The number of likely N-dealkylation sites (tertiary alicyclic amines) is 1. The molecule has 1 aromatic carbocycles. The highest BCUT2D eigenvalue weighted by molar-refractivity contribution is 9.10. The lowest BCUT2D eigenvalue weighted by Crippen LogP contribution is -2.63. The van der Waals surface area contributed by atoms with E-state index in [0.29, 0.717) is 24.4 Å². The number of hydrogen-bond acceptors (Lipinski definition) is 5. The molecule has 0 aromatic heterocycles. The minimum Gasteiger partial charge on any atom is -0.507 e. The molecular weight excluding hydrogens is 386 g/mol. The van der Waals surface area contributed by atoms with Crippen molar-refractivity contribution in [3.63, 3.8) is 0 Å². The molecule has 5 nitrogen and oxygen atoms in total. The van der Waals surface area contributed by atoms with Crippen molar-refractivity contribution in [1.29, 1.82) is 0 Å². The molecule has 1 heterocycles. The van der Waals surface area contributed by atoms with Crippen LogP contribution in [0.3, 0.4) is 0 Å². The summed E-state index contributed by atoms with van der Waals surface area (Å²) >= 11 is 3.64. The van der Waals surface area contributed by atoms with Crippen molar-refractivity contribution in [1.82, 2.24) is 4.90 Å². The first kappa shape index (κ1) is 17.5. The second-order valence-electron chi connectivity index (χ2n) is 7.75. The fourth-order valence-corrected chi connectivity index (χ4v) is 6.15. The third-order valence-corrected chi connectivity index (χ3v) is 7.47. The van der Waals surface area contributed by atoms with E-state index >= 15 is 0 Å². The molecular formula is C19H24BrNO4. The Balaban J connectivity index is 1.95. The Morgan fingerprint density at radius 3 is 2.92 bits per heavy atom. The summed E-state index contributed by atoms with van der Waals surface area (Å²) in [5, 5.41) is 20.6. The molecule has 25 heavy (non-hydrogen) atoms. The number of carbonyl (C=O) groups excluding carboxylic acids is 1. The number of ketones is 1. The van der Waals surface area contributed by atoms with Crippen molar-refractivity contribution in [2.45, 2.75) is 49.9 Å². The third kappa shape index (κ3) is 2.34. The maximum absolute atomic E-state index is 12.7. The molecule has 6 heteroatoms. The van der Waals surface area contributed by atoms with E-state index in [4.69, 9.17) is 4.74 Å². The van der Waals surface area contributed by atoms with Gasteiger partial charge in [-0.15, -0.1) is 0 Å². The van der Waals surface area contributed by atoms with Gasteiger partial charge in [-0.3, -0.25) is 4.79 Å². The molecule has 2 N–H and O–H groups in total. The van der Waals surface area contributed by atoms with Gasteiger partial charge in [-0.25, -0.2) is 0 Å². The van der Waals surface area contributed by atoms with Crippen LogP contribution in [0.2, 0.25) is 0 Å². The standard InChI is InChI=1S/C19H24BrNO4/c1-21-4-3-19-8-15(23)16(25-2)7-12(19)14(21)6-11-13(20)5-10(9-22)18(24)17(11)19/h5,12,14,16,22,24H,3-4,6-9H2,1-2H3. The molecule has 1 aromatic rings. The number of likely N-dealkylation sites (N-methyl/N-ethyl adjacent to an activating group) is 1. The summed E-state index contributed by atoms with van der Waals surface area (Å²) in [4.78, 5) is 15.1. The summed E-state index contributed by atoms with van der Waals surface area (Å²) in [6, 6.07) is 2.14. The Bertz CT molecular complexity index is 737. The number of halogens is 1. The number of fused-ring (bicyclic) bond motifs is 1. The Morgan fingerprint density at radius 1 is 1.48 bits per heavy atom. The Labute approximate surface area is 156 Å². The van der Waals surface area contributed by atoms with Crippen LogP contribution in [0.4, 0.5) is 0 Å². The second kappa shape index (κ2) is 6.05. The number of hydrogen-bond donors (Lipinski definition) is 2. The number of nitrogens with zero attached hydrogens (tertiary/aromatic N) is 1. The number of aromatic hydroxyl groups is 1. The number of aliphatic hydroxyl groups excluding tert-OH is 1. The van der Waals surface area contributed by atoms with Crippen LogP contribution in [0.15, 0.2) is 10.5 Å². The summed E-state index contributed by atoms with van der Waals surface area (Å²) < 4.78 is 6.38. The van der Waals surface area contributed by atoms with Crippen molar-refractivity contribution in [3.8, 4) is 5.75 Å². The molecule has 2 bridgehead atoms. The van der Waals surface area contributed by atoms with Crippen LogP contribution in [0.25, 0.3) is 0 Å². The Morgan fingerprint density at radius 2 is 2.24 bits per heavy atom. The Kier molecular flexibility index (Phi) is 4.22. The first-order chi connectivity index (χ1) is 11.9. The van der Waals surface area contributed by atoms with Gasteiger partial charge in [-0.2, -0.15) is 0 Å². The SMILES string of the molecule is COC1CC2C3Cc4c(Br)cc(CO)c(O)c4C2(CCN3C)CC1=O. The minimum atomic E-state index is -0.353. The topological polar surface area (TPSA) is 70.0 Å². The second-order valence-corrected chi connectivity index (χ2v) is 8.60. The average Bonchev–Trinajstić information content (AvgIpc) is 2.59. The summed E-state index contributed by atoms with van der Waals surface area (Å²) in [5.41, 5.74) is 2.15. The van der Waals surface area contributed by atoms with Gasteiger partial charge in [0.2, 0.25) is 0 Å². The van der Waals surface area contributed by atoms with E-state index in [2.05, 4.69) is 27.9 Å². The number of rotatable bonds is 2. The fraction of sp³-hybridized carbons (Fsp3) is 0.632. The number of phenols is 1. The molecule has 4 unspecified atom stereocenters. The largest absolute Gasteiger partial charge is 0.507 e. The number of ether oxygens (including phenoxy) is 1. The first-order valence-corrected chi connectivity index (χ1v) is 9.62. The van der Waals surface area contributed by atoms with Crippen molar-refractivity contribution in [3.05, 3.63) is 27.2 Å². The van der Waals surface area contributed by atoms with Crippen LogP contribution in [0, 0.1) is 5.92 Å². The average molecular weight is 410 g/mol. The van der Waals surface area contributed by atoms with Gasteiger partial charge in [0.15, 0.2) is 5.78 Å². The van der Waals surface area contributed by atoms with Gasteiger partial charge in [0, 0.05) is 40.6 Å². The van der Waals surface area contributed by atoms with Gasteiger partial charge >= 0.3 is 0 Å². The maximum Gasteiger partial charge on any atom is 0.162 e. The summed E-state index contributed by atoms with van der Waals surface area (Å²) in [5.74, 6) is 0.574. The fourth-order valence-electron chi connectivity index (χ4n) is 5.51. The quantitative estimate of drug-likeness (QED) is 0.782. The normalized spacial score (nSPS) is 34.6. The zero-order chi connectivity index (χ0) is 17.9. The predicted octanol–water partition coefficient (Wildman–Crippen LogP) is 2.14. The molecule has 136 valence electrons. The van der Waals surface area contributed by atoms with Crippen LogP contribution in [0.5, 0.6) is 5.75 Å². The van der Waals surface area contributed by atoms with Crippen molar-refractivity contribution >= 4 is 21.7 Å². The van der Waals surface area contributed by atoms with E-state index in [-0.39, 0.29) is 35.6 Å². The summed E-state index contributed by atoms with van der Waals surface area (Å²) in [7, 11) is 3.75. The van der Waals surface area contributed by atoms with Crippen molar-refractivity contribution in [2.24, 2.45) is 5.92 Å². The molecule has 1 saturated heterocycles. The monoisotopic (exact) mass is 409 g/mol. The van der Waals surface area contributed by atoms with Gasteiger partial charge in [0.25, 0.3) is 0 Å². The highest BCUT2D eigenvalue weighted by Crippen LogP contribution is 2.58. The molecule has 1 saturated carbocycles. The van der Waals surface area contributed by atoms with E-state index in [1.54, 1.807) is 7.11 Å². The minimum absolute atomic E-state index is 0.125. The van der Waals surface area contributed by atoms with Gasteiger partial charge in [0.1, 0.15) is 11.9 Å². The van der Waals surface area contributed by atoms with Crippen LogP contribution >= 0.6 is 15.9 Å². The highest BCUT2D eigenvalue weighted by atomic mass is 79.9. The van der Waals surface area contributed by atoms with Crippen molar-refractivity contribution in [2.75, 3.05) is 20.7 Å². The number of Topliss-reactive ketones (excluding diaryl/α,β-unsaturated/α-hetero) is 1. The van der Waals surface area contributed by atoms with Crippen LogP contribution in [-0.4, -0.2) is 53.7 Å². The molecule has 4 atom stereocenters. The van der Waals surface area contributed by atoms with Crippen LogP contribution < -0.4 is 0 Å². The molecule has 3 aliphatic rings. The van der Waals surface area contributed by atoms with E-state index in [1.165, 1.54) is 0 Å². The molecule has 2 aliphatic carbocycles. The molecule has 0 radical (unpaired) electrons. The lowest BCUT2D eigenvalue weighted by Gasteiger charge is -2.59. The lowest BCUT2D eigenvalue weighted by atomic mass is 9.51. The van der Waals surface area contributed by atoms with E-state index in [9.17, 15) is 15.0 Å². The van der Waals surface area contributed by atoms with E-state index in [0.717, 1.165) is 35.0 Å². The summed E-state index contributed by atoms with van der Waals surface area (Å²) in [6.07, 6.45) is 2.43. The molecule has 2 fully saturated rings. The van der Waals surface area contributed by atoms with Crippen LogP contribution in [-0.2, 0) is 28.0 Å². The number of aliphatic hydroxyl groups is 1. The zero-order valence-electron chi connectivity index (χ0n) is 14.6. The molecule has 1 aliphatic heterocycles. The molecule has 0 amide bonds. The number of piperidine rings is 1. The van der Waals surface area contributed by atoms with Gasteiger partial charge in [-0.05, 0) is 50.4 Å². The highest BCUT2D eigenvalue weighted by Gasteiger charge is 2.58. The van der Waals surface area contributed by atoms with E-state index in [1.807, 2.05) is 6.07 Å². The smallest absolute Gasteiger partial charge is 0.162 e. The Hall–Kier alpha value is -0.950. The number of methoxy groups -OCH3 is 1. The number of carbonyl (C=O) groups is 1. The van der Waals surface area contributed by atoms with Crippen LogP contribution in [0.1, 0.15) is 36.0 Å². The zero-order valence-corrected chi connectivity index (χ0v) is 16.2. The molecule has 0 spiro atoms. The van der Waals surface area contributed by atoms with Gasteiger partial charge < -0.3 is 19.8 Å². The maximum atomic E-state index is 12.7. The predicted molar refractivity (Wildman–Crippen MR) is 96.7 cm³/mol. The first-order valence-electron chi connectivity index (χ1n) is 8.83. The van der Waals surface area contributed by atoms with Crippen molar-refractivity contribution < 1.29 is 19.7 Å². The van der Waals surface area contributed by atoms with Gasteiger partial charge in [-0.1, -0.05) is 15.9 Å². The van der Waals surface area contributed by atoms with Gasteiger partial charge in [0.05, 0.1) is 6.61 Å². The summed E-state index contributed by atoms with van der Waals surface area (Å²) in [6.45, 7) is 0.697. The third-order valence-electron chi connectivity index (χ3n) is 6.77. The lowest BCUT2D eigenvalue weighted by molar-refractivity contribution is -0.141. The molecule has 4 rings (SSSR count).